The van der Waals surface area contributed by atoms with Crippen LogP contribution in [0, 0.1) is 0 Å². The number of nitrogens with zero attached hydrogens (tertiary/aromatic N) is 1. The molecule has 2 aromatic carbocycles. The Labute approximate surface area is 237 Å². The fraction of sp³-hybridized carbons (Fsp3) is 0.433. The average molecular weight is 569 g/mol. The van der Waals surface area contributed by atoms with Crippen molar-refractivity contribution in [3.63, 3.8) is 0 Å². The van der Waals surface area contributed by atoms with Gasteiger partial charge in [-0.2, -0.15) is 0 Å². The molecule has 0 bridgehead atoms. The molecule has 1 aliphatic heterocycles. The summed E-state index contributed by atoms with van der Waals surface area (Å²) in [6, 6.07) is 12.2. The maximum atomic E-state index is 13.9. The van der Waals surface area contributed by atoms with E-state index in [1.54, 1.807) is 0 Å². The predicted octanol–water partition coefficient (Wildman–Crippen LogP) is 5.81. The number of ether oxygens (including phenoxy) is 3. The Hall–Kier alpha value is -3.63. The van der Waals surface area contributed by atoms with E-state index in [0.29, 0.717) is 11.5 Å². The first kappa shape index (κ1) is 30.9. The molecule has 1 saturated heterocycles. The Morgan fingerprint density at radius 2 is 1.85 bits per heavy atom. The van der Waals surface area contributed by atoms with Crippen molar-refractivity contribution in [2.75, 3.05) is 32.2 Å². The van der Waals surface area contributed by atoms with Crippen molar-refractivity contribution in [3.05, 3.63) is 66.2 Å². The molecule has 10 heteroatoms. The van der Waals surface area contributed by atoms with Crippen molar-refractivity contribution in [2.45, 2.75) is 58.0 Å². The molecule has 1 fully saturated rings. The van der Waals surface area contributed by atoms with E-state index in [4.69, 9.17) is 18.6 Å². The highest BCUT2D eigenvalue weighted by molar-refractivity contribution is 6.74. The van der Waals surface area contributed by atoms with Gasteiger partial charge in [0.2, 0.25) is 0 Å². The number of ketones is 1. The summed E-state index contributed by atoms with van der Waals surface area (Å²) in [4.78, 5) is 40.4. The lowest BCUT2D eigenvalue weighted by atomic mass is 10.1. The number of hydrogen-bond donors (Lipinski definition) is 1. The van der Waals surface area contributed by atoms with Gasteiger partial charge in [-0.25, -0.2) is 4.79 Å². The highest BCUT2D eigenvalue weighted by atomic mass is 28.4. The molecule has 1 heterocycles. The molecule has 9 nitrogen and oxygen atoms in total. The van der Waals surface area contributed by atoms with Gasteiger partial charge in [-0.1, -0.05) is 63.8 Å². The Bertz CT molecular complexity index is 1220. The highest BCUT2D eigenvalue weighted by Crippen LogP contribution is 2.38. The Kier molecular flexibility index (Phi) is 10.2. The molecule has 2 amide bonds. The molecule has 1 aliphatic rings. The smallest absolute Gasteiger partial charge is 0.411 e. The molecule has 1 N–H and O–H groups in total. The molecule has 0 unspecified atom stereocenters. The lowest BCUT2D eigenvalue weighted by Crippen LogP contribution is -2.46. The second-order valence-corrected chi connectivity index (χ2v) is 16.0. The van der Waals surface area contributed by atoms with E-state index in [1.165, 1.54) is 30.2 Å². The first-order valence-corrected chi connectivity index (χ1v) is 16.2. The van der Waals surface area contributed by atoms with Crippen LogP contribution in [-0.4, -0.2) is 63.9 Å². The van der Waals surface area contributed by atoms with Gasteiger partial charge in [0.25, 0.3) is 5.91 Å². The second-order valence-electron chi connectivity index (χ2n) is 11.2. The summed E-state index contributed by atoms with van der Waals surface area (Å²) in [5, 5.41) is 2.62. The number of likely N-dealkylation sites (tertiary alicyclic amines) is 1. The van der Waals surface area contributed by atoms with Gasteiger partial charge in [-0.3, -0.25) is 14.9 Å². The van der Waals surface area contributed by atoms with Gasteiger partial charge in [0, 0.05) is 12.5 Å². The fourth-order valence-electron chi connectivity index (χ4n) is 3.95. The summed E-state index contributed by atoms with van der Waals surface area (Å²) in [6.07, 6.45) is 0.889. The number of carbonyl (C=O) groups is 3. The van der Waals surface area contributed by atoms with E-state index >= 15 is 0 Å². The van der Waals surface area contributed by atoms with E-state index in [1.807, 2.05) is 30.3 Å². The quantitative estimate of drug-likeness (QED) is 0.269. The number of methoxy groups -OCH3 is 1. The van der Waals surface area contributed by atoms with Crippen LogP contribution < -0.4 is 14.8 Å². The zero-order valence-electron chi connectivity index (χ0n) is 24.2. The van der Waals surface area contributed by atoms with Crippen LogP contribution in [0.3, 0.4) is 0 Å². The molecule has 0 saturated carbocycles. The summed E-state index contributed by atoms with van der Waals surface area (Å²) < 4.78 is 23.0. The lowest BCUT2D eigenvalue weighted by molar-refractivity contribution is -0.116. The molecule has 1 atom stereocenters. The van der Waals surface area contributed by atoms with Crippen molar-refractivity contribution in [1.82, 2.24) is 4.90 Å². The SMILES string of the molecule is C=CCOC(=O)Nc1cc(OCc2ccccc2)c(OC)cc1C(=O)N1CC(=O)C[C@H]1CO[Si](C)(C)C(C)(C)C. The molecular weight excluding hydrogens is 528 g/mol. The zero-order chi connectivity index (χ0) is 29.5. The van der Waals surface area contributed by atoms with Crippen molar-refractivity contribution >= 4 is 31.8 Å². The molecule has 3 rings (SSSR count). The lowest BCUT2D eigenvalue weighted by Gasteiger charge is -2.37. The van der Waals surface area contributed by atoms with Crippen LogP contribution in [0.4, 0.5) is 10.5 Å². The molecule has 2 aromatic rings. The van der Waals surface area contributed by atoms with Crippen molar-refractivity contribution in [3.8, 4) is 11.5 Å². The summed E-state index contributed by atoms with van der Waals surface area (Å²) in [7, 11) is -0.639. The summed E-state index contributed by atoms with van der Waals surface area (Å²) in [6.45, 7) is 14.7. The molecule has 0 spiro atoms. The number of nitrogens with one attached hydrogen (secondary N) is 1. The third kappa shape index (κ3) is 7.73. The van der Waals surface area contributed by atoms with Gasteiger partial charge in [-0.15, -0.1) is 0 Å². The minimum Gasteiger partial charge on any atom is -0.493 e. The zero-order valence-corrected chi connectivity index (χ0v) is 25.2. The minimum absolute atomic E-state index is 0.00385. The molecule has 0 aliphatic carbocycles. The highest BCUT2D eigenvalue weighted by Gasteiger charge is 2.41. The fourth-order valence-corrected chi connectivity index (χ4v) is 4.99. The number of carbonyl (C=O) groups excluding carboxylic acids is 3. The number of rotatable bonds is 11. The van der Waals surface area contributed by atoms with Crippen LogP contribution >= 0.6 is 0 Å². The standard InChI is InChI=1S/C30H40N2O7Si/c1-8-14-37-29(35)31-25-17-27(38-19-21-12-10-9-11-13-21)26(36-5)16-24(25)28(34)32-18-23(33)15-22(32)20-39-40(6,7)30(2,3)4/h8-13,16-17,22H,1,14-15,18-20H2,2-7H3,(H,31,35)/t22-/m0/s1. The Morgan fingerprint density at radius 3 is 2.48 bits per heavy atom. The van der Waals surface area contributed by atoms with Crippen LogP contribution in [0.25, 0.3) is 0 Å². The van der Waals surface area contributed by atoms with Crippen LogP contribution in [0.15, 0.2) is 55.1 Å². The normalized spacial score (nSPS) is 15.5. The summed E-state index contributed by atoms with van der Waals surface area (Å²) in [5.74, 6) is 0.162. The van der Waals surface area contributed by atoms with E-state index in [9.17, 15) is 14.4 Å². The topological polar surface area (TPSA) is 103 Å². The number of amides is 2. The van der Waals surface area contributed by atoms with Crippen molar-refractivity contribution in [2.24, 2.45) is 0 Å². The number of Topliss-reactive ketones (excluding diaryl/α,β-unsaturated/α-hetero) is 1. The van der Waals surface area contributed by atoms with E-state index in [-0.39, 0.29) is 54.9 Å². The van der Waals surface area contributed by atoms with Gasteiger partial charge in [0.05, 0.1) is 37.6 Å². The van der Waals surface area contributed by atoms with Gasteiger partial charge in [0.1, 0.15) is 13.2 Å². The number of anilines is 1. The third-order valence-corrected chi connectivity index (χ3v) is 11.8. The van der Waals surface area contributed by atoms with E-state index < -0.39 is 26.4 Å². The van der Waals surface area contributed by atoms with E-state index in [0.717, 1.165) is 5.56 Å². The molecule has 0 aromatic heterocycles. The average Bonchev–Trinajstić information content (AvgIpc) is 3.29. The van der Waals surface area contributed by atoms with Gasteiger partial charge in [0.15, 0.2) is 25.6 Å². The van der Waals surface area contributed by atoms with Crippen LogP contribution in [0.5, 0.6) is 11.5 Å². The Balaban J connectivity index is 1.93. The molecule has 40 heavy (non-hydrogen) atoms. The summed E-state index contributed by atoms with van der Waals surface area (Å²) in [5.41, 5.74) is 1.25. The van der Waals surface area contributed by atoms with Crippen LogP contribution in [0.2, 0.25) is 18.1 Å². The van der Waals surface area contributed by atoms with Crippen molar-refractivity contribution < 1.29 is 33.0 Å². The second kappa shape index (κ2) is 13.1. The minimum atomic E-state index is -2.11. The maximum absolute atomic E-state index is 13.9. The monoisotopic (exact) mass is 568 g/mol. The molecule has 216 valence electrons. The van der Waals surface area contributed by atoms with Gasteiger partial charge in [-0.05, 0) is 29.8 Å². The van der Waals surface area contributed by atoms with Crippen LogP contribution in [0.1, 0.15) is 43.1 Å². The Morgan fingerprint density at radius 1 is 1.15 bits per heavy atom. The van der Waals surface area contributed by atoms with Crippen molar-refractivity contribution in [1.29, 1.82) is 0 Å². The maximum Gasteiger partial charge on any atom is 0.411 e. The molecule has 0 radical (unpaired) electrons. The third-order valence-electron chi connectivity index (χ3n) is 7.29. The summed E-state index contributed by atoms with van der Waals surface area (Å²) >= 11 is 0. The molecular formula is C30H40N2O7Si. The predicted molar refractivity (Wildman–Crippen MR) is 157 cm³/mol. The van der Waals surface area contributed by atoms with Gasteiger partial charge < -0.3 is 23.5 Å². The largest absolute Gasteiger partial charge is 0.493 e. The number of hydrogen-bond acceptors (Lipinski definition) is 7. The van der Waals surface area contributed by atoms with Gasteiger partial charge >= 0.3 is 6.09 Å². The first-order chi connectivity index (χ1) is 18.9. The van der Waals surface area contributed by atoms with E-state index in [2.05, 4.69) is 45.8 Å². The van der Waals surface area contributed by atoms with Crippen LogP contribution in [-0.2, 0) is 20.6 Å². The number of benzene rings is 2. The first-order valence-electron chi connectivity index (χ1n) is 13.3.